The lowest BCUT2D eigenvalue weighted by atomic mass is 10.1. The second-order valence-electron chi connectivity index (χ2n) is 8.24. The summed E-state index contributed by atoms with van der Waals surface area (Å²) in [5.74, 6) is 0.0909. The van der Waals surface area contributed by atoms with Crippen molar-refractivity contribution in [1.29, 1.82) is 0 Å². The van der Waals surface area contributed by atoms with Crippen molar-refractivity contribution in [2.24, 2.45) is 0 Å². The first-order valence-electron chi connectivity index (χ1n) is 11.5. The summed E-state index contributed by atoms with van der Waals surface area (Å²) in [5, 5.41) is 0. The molecule has 0 unspecified atom stereocenters. The lowest BCUT2D eigenvalue weighted by Gasteiger charge is -2.36. The number of piperazine rings is 1. The minimum atomic E-state index is -0.0616. The number of thioether (sulfide) groups is 1. The maximum absolute atomic E-state index is 12.8. The fourth-order valence-corrected chi connectivity index (χ4v) is 5.40. The van der Waals surface area contributed by atoms with E-state index in [2.05, 4.69) is 36.1 Å². The fourth-order valence-electron chi connectivity index (χ4n) is 4.09. The zero-order valence-electron chi connectivity index (χ0n) is 18.9. The number of nitrogens with zero attached hydrogens (tertiary/aromatic N) is 3. The molecule has 2 aliphatic heterocycles. The number of rotatable bonds is 7. The zero-order valence-corrected chi connectivity index (χ0v) is 20.5. The molecular weight excluding hydrogens is 450 g/mol. The number of aryl methyl sites for hydroxylation is 1. The van der Waals surface area contributed by atoms with Gasteiger partial charge in [0.1, 0.15) is 4.32 Å². The van der Waals surface area contributed by atoms with E-state index >= 15 is 0 Å². The first-order valence-corrected chi connectivity index (χ1v) is 12.7. The average molecular weight is 480 g/mol. The Bertz CT molecular complexity index is 1030. The van der Waals surface area contributed by atoms with E-state index in [1.54, 1.807) is 4.90 Å². The predicted molar refractivity (Wildman–Crippen MR) is 140 cm³/mol. The molecule has 5 nitrogen and oxygen atoms in total. The molecule has 4 rings (SSSR count). The monoisotopic (exact) mass is 479 g/mol. The van der Waals surface area contributed by atoms with Crippen LogP contribution in [-0.4, -0.2) is 58.7 Å². The van der Waals surface area contributed by atoms with Crippen LogP contribution in [0.3, 0.4) is 0 Å². The van der Waals surface area contributed by atoms with E-state index in [0.29, 0.717) is 28.6 Å². The molecule has 2 aromatic rings. The van der Waals surface area contributed by atoms with Crippen molar-refractivity contribution in [3.8, 4) is 0 Å². The van der Waals surface area contributed by atoms with E-state index in [-0.39, 0.29) is 11.8 Å². The zero-order chi connectivity index (χ0) is 23.2. The third-order valence-electron chi connectivity index (χ3n) is 6.09. The van der Waals surface area contributed by atoms with Crippen molar-refractivity contribution in [2.45, 2.75) is 26.2 Å². The summed E-state index contributed by atoms with van der Waals surface area (Å²) in [4.78, 5) is 32.1. The molecule has 2 saturated heterocycles. The van der Waals surface area contributed by atoms with Crippen LogP contribution >= 0.6 is 24.0 Å². The van der Waals surface area contributed by atoms with Crippen molar-refractivity contribution < 1.29 is 9.59 Å². The van der Waals surface area contributed by atoms with Gasteiger partial charge in [-0.15, -0.1) is 0 Å². The number of carbonyl (C=O) groups excluding carboxylic acids is 2. The van der Waals surface area contributed by atoms with Crippen molar-refractivity contribution >= 4 is 51.9 Å². The van der Waals surface area contributed by atoms with Crippen LogP contribution in [0.15, 0.2) is 59.5 Å². The molecule has 2 aromatic carbocycles. The van der Waals surface area contributed by atoms with Crippen molar-refractivity contribution in [3.63, 3.8) is 0 Å². The minimum Gasteiger partial charge on any atom is -0.368 e. The molecule has 0 saturated carbocycles. The molecule has 2 fully saturated rings. The van der Waals surface area contributed by atoms with Gasteiger partial charge in [0.15, 0.2) is 0 Å². The van der Waals surface area contributed by atoms with Crippen LogP contribution in [0.4, 0.5) is 5.69 Å². The minimum absolute atomic E-state index is 0.0616. The quantitative estimate of drug-likeness (QED) is 0.430. The summed E-state index contributed by atoms with van der Waals surface area (Å²) in [6, 6.07) is 18.5. The Morgan fingerprint density at radius 3 is 2.39 bits per heavy atom. The van der Waals surface area contributed by atoms with Crippen LogP contribution in [0.25, 0.3) is 6.08 Å². The lowest BCUT2D eigenvalue weighted by molar-refractivity contribution is -0.132. The molecule has 0 atom stereocenters. The average Bonchev–Trinajstić information content (AvgIpc) is 3.12. The molecule has 2 heterocycles. The van der Waals surface area contributed by atoms with Crippen molar-refractivity contribution in [1.82, 2.24) is 9.80 Å². The normalized spacial score (nSPS) is 17.8. The number of anilines is 1. The molecule has 2 amide bonds. The molecular formula is C26H29N3O2S2. The van der Waals surface area contributed by atoms with Gasteiger partial charge in [0.05, 0.1) is 4.91 Å². The number of benzene rings is 2. The van der Waals surface area contributed by atoms with Gasteiger partial charge in [-0.3, -0.25) is 14.5 Å². The summed E-state index contributed by atoms with van der Waals surface area (Å²) in [6.07, 6.45) is 3.93. The Morgan fingerprint density at radius 2 is 1.73 bits per heavy atom. The van der Waals surface area contributed by atoms with Gasteiger partial charge in [-0.05, 0) is 42.2 Å². The van der Waals surface area contributed by atoms with Gasteiger partial charge in [0, 0.05) is 44.8 Å². The highest BCUT2D eigenvalue weighted by Gasteiger charge is 2.32. The first kappa shape index (κ1) is 23.5. The molecule has 0 radical (unpaired) electrons. The van der Waals surface area contributed by atoms with Crippen LogP contribution in [-0.2, 0) is 16.0 Å². The molecule has 0 aliphatic carbocycles. The summed E-state index contributed by atoms with van der Waals surface area (Å²) in [7, 11) is 0. The summed E-state index contributed by atoms with van der Waals surface area (Å²) in [5.41, 5.74) is 3.47. The van der Waals surface area contributed by atoms with Gasteiger partial charge >= 0.3 is 0 Å². The summed E-state index contributed by atoms with van der Waals surface area (Å²) in [6.45, 7) is 5.74. The largest absolute Gasteiger partial charge is 0.368 e. The number of hydrogen-bond acceptors (Lipinski definition) is 5. The number of hydrogen-bond donors (Lipinski definition) is 0. The van der Waals surface area contributed by atoms with Gasteiger partial charge in [-0.1, -0.05) is 73.4 Å². The third-order valence-corrected chi connectivity index (χ3v) is 7.46. The van der Waals surface area contributed by atoms with Gasteiger partial charge in [0.25, 0.3) is 5.91 Å². The Labute approximate surface area is 205 Å². The van der Waals surface area contributed by atoms with Gasteiger partial charge in [-0.25, -0.2) is 0 Å². The van der Waals surface area contributed by atoms with E-state index in [0.717, 1.165) is 38.2 Å². The lowest BCUT2D eigenvalue weighted by Crippen LogP contribution is -2.48. The van der Waals surface area contributed by atoms with Gasteiger partial charge in [-0.2, -0.15) is 0 Å². The number of para-hydroxylation sites is 1. The summed E-state index contributed by atoms with van der Waals surface area (Å²) >= 11 is 6.78. The van der Waals surface area contributed by atoms with Crippen molar-refractivity contribution in [2.75, 3.05) is 37.6 Å². The molecule has 172 valence electrons. The molecule has 0 spiro atoms. The first-order chi connectivity index (χ1) is 16.0. The molecule has 0 aromatic heterocycles. The Hall–Kier alpha value is -2.64. The van der Waals surface area contributed by atoms with Crippen LogP contribution < -0.4 is 4.90 Å². The topological polar surface area (TPSA) is 43.9 Å². The Kier molecular flexibility index (Phi) is 7.83. The van der Waals surface area contributed by atoms with Crippen LogP contribution in [0.1, 0.15) is 30.9 Å². The van der Waals surface area contributed by atoms with Gasteiger partial charge in [0.2, 0.25) is 5.91 Å². The molecule has 0 bridgehead atoms. The second-order valence-corrected chi connectivity index (χ2v) is 9.91. The maximum atomic E-state index is 12.8. The van der Waals surface area contributed by atoms with E-state index in [1.807, 2.05) is 41.3 Å². The van der Waals surface area contributed by atoms with Crippen LogP contribution in [0.2, 0.25) is 0 Å². The number of thiocarbonyl (C=S) groups is 1. The van der Waals surface area contributed by atoms with E-state index in [1.165, 1.54) is 23.0 Å². The standard InChI is InChI=1S/C26H29N3O2S2/c1-2-20-10-12-21(13-11-20)19-23-25(31)29(26(32)33-23)14-6-9-24(30)28-17-15-27(16-18-28)22-7-4-3-5-8-22/h3-5,7-8,10-13,19H,2,6,9,14-18H2,1H3. The molecule has 0 N–H and O–H groups in total. The highest BCUT2D eigenvalue weighted by Crippen LogP contribution is 2.32. The SMILES string of the molecule is CCc1ccc(C=C2SC(=S)N(CCCC(=O)N3CCN(c4ccccc4)CC3)C2=O)cc1. The van der Waals surface area contributed by atoms with Gasteiger partial charge < -0.3 is 9.80 Å². The highest BCUT2D eigenvalue weighted by molar-refractivity contribution is 8.26. The molecule has 7 heteroatoms. The predicted octanol–water partition coefficient (Wildman–Crippen LogP) is 4.58. The molecule has 2 aliphatic rings. The number of carbonyl (C=O) groups is 2. The Morgan fingerprint density at radius 1 is 1.03 bits per heavy atom. The third kappa shape index (κ3) is 5.84. The van der Waals surface area contributed by atoms with E-state index < -0.39 is 0 Å². The maximum Gasteiger partial charge on any atom is 0.266 e. The van der Waals surface area contributed by atoms with E-state index in [4.69, 9.17) is 12.2 Å². The molecule has 33 heavy (non-hydrogen) atoms. The highest BCUT2D eigenvalue weighted by atomic mass is 32.2. The van der Waals surface area contributed by atoms with Crippen LogP contribution in [0.5, 0.6) is 0 Å². The second kappa shape index (κ2) is 11.0. The number of amides is 2. The van der Waals surface area contributed by atoms with Crippen LogP contribution in [0, 0.1) is 0 Å². The Balaban J connectivity index is 1.24. The smallest absolute Gasteiger partial charge is 0.266 e. The van der Waals surface area contributed by atoms with Crippen molar-refractivity contribution in [3.05, 3.63) is 70.6 Å². The summed E-state index contributed by atoms with van der Waals surface area (Å²) < 4.78 is 0.570. The fraction of sp³-hybridized carbons (Fsp3) is 0.346. The van der Waals surface area contributed by atoms with E-state index in [9.17, 15) is 9.59 Å².